The standard InChI is InChI=1S/C19H22N4O2/c1-12(2)17-9-14(21-25-17)16-5-4-8-23(16)19(24)15-11-22-10-13(3)6-7-18(22)20-15/h6-7,9-12,16H,4-5,8H2,1-3H3/t16-/m0/s1. The highest BCUT2D eigenvalue weighted by atomic mass is 16.5. The smallest absolute Gasteiger partial charge is 0.274 e. The Morgan fingerprint density at radius 1 is 1.32 bits per heavy atom. The van der Waals surface area contributed by atoms with E-state index in [-0.39, 0.29) is 17.9 Å². The molecule has 1 atom stereocenters. The molecule has 3 aromatic rings. The molecule has 0 aromatic carbocycles. The maximum atomic E-state index is 13.0. The third kappa shape index (κ3) is 2.81. The summed E-state index contributed by atoms with van der Waals surface area (Å²) in [7, 11) is 0. The van der Waals surface area contributed by atoms with Gasteiger partial charge in [-0.2, -0.15) is 0 Å². The van der Waals surface area contributed by atoms with Gasteiger partial charge in [0.05, 0.1) is 6.04 Å². The Bertz CT molecular complexity index is 925. The molecule has 3 aromatic heterocycles. The average Bonchev–Trinajstić information content (AvgIpc) is 3.31. The number of carbonyl (C=O) groups excluding carboxylic acids is 1. The third-order valence-electron chi connectivity index (χ3n) is 4.79. The molecule has 4 rings (SSSR count). The largest absolute Gasteiger partial charge is 0.361 e. The van der Waals surface area contributed by atoms with Crippen LogP contribution >= 0.6 is 0 Å². The average molecular weight is 338 g/mol. The number of rotatable bonds is 3. The summed E-state index contributed by atoms with van der Waals surface area (Å²) in [6.07, 6.45) is 5.66. The number of fused-ring (bicyclic) bond motifs is 1. The van der Waals surface area contributed by atoms with Crippen molar-refractivity contribution in [2.24, 2.45) is 0 Å². The first kappa shape index (κ1) is 15.9. The molecule has 0 spiro atoms. The topological polar surface area (TPSA) is 63.6 Å². The van der Waals surface area contributed by atoms with Crippen LogP contribution in [0.15, 0.2) is 35.1 Å². The Hall–Kier alpha value is -2.63. The van der Waals surface area contributed by atoms with Gasteiger partial charge >= 0.3 is 0 Å². The molecule has 0 radical (unpaired) electrons. The van der Waals surface area contributed by atoms with Crippen LogP contribution in [0.5, 0.6) is 0 Å². The van der Waals surface area contributed by atoms with E-state index < -0.39 is 0 Å². The lowest BCUT2D eigenvalue weighted by molar-refractivity contribution is 0.0725. The van der Waals surface area contributed by atoms with Crippen molar-refractivity contribution in [1.29, 1.82) is 0 Å². The van der Waals surface area contributed by atoms with Crippen molar-refractivity contribution in [1.82, 2.24) is 19.4 Å². The minimum atomic E-state index is -0.0436. The minimum absolute atomic E-state index is 0.0321. The van der Waals surface area contributed by atoms with Crippen molar-refractivity contribution in [3.8, 4) is 0 Å². The molecule has 0 unspecified atom stereocenters. The monoisotopic (exact) mass is 338 g/mol. The first-order chi connectivity index (χ1) is 12.0. The molecular formula is C19H22N4O2. The molecule has 4 heterocycles. The maximum absolute atomic E-state index is 13.0. The third-order valence-corrected chi connectivity index (χ3v) is 4.79. The Morgan fingerprint density at radius 3 is 2.92 bits per heavy atom. The SMILES string of the molecule is Cc1ccc2nc(C(=O)N3CCC[C@H]3c3cc(C(C)C)on3)cn2c1. The van der Waals surface area contributed by atoms with Crippen LogP contribution in [-0.2, 0) is 0 Å². The van der Waals surface area contributed by atoms with Gasteiger partial charge in [-0.3, -0.25) is 4.79 Å². The predicted octanol–water partition coefficient (Wildman–Crippen LogP) is 3.73. The number of pyridine rings is 1. The fraction of sp³-hybridized carbons (Fsp3) is 0.421. The number of hydrogen-bond acceptors (Lipinski definition) is 4. The molecule has 1 saturated heterocycles. The predicted molar refractivity (Wildman–Crippen MR) is 93.5 cm³/mol. The van der Waals surface area contributed by atoms with E-state index in [1.807, 2.05) is 46.8 Å². The van der Waals surface area contributed by atoms with E-state index in [1.165, 1.54) is 0 Å². The number of imidazole rings is 1. The van der Waals surface area contributed by atoms with Crippen LogP contribution in [-0.4, -0.2) is 31.9 Å². The summed E-state index contributed by atoms with van der Waals surface area (Å²) in [6.45, 7) is 6.88. The summed E-state index contributed by atoms with van der Waals surface area (Å²) < 4.78 is 7.33. The fourth-order valence-corrected chi connectivity index (χ4v) is 3.40. The summed E-state index contributed by atoms with van der Waals surface area (Å²) in [6, 6.07) is 5.88. The zero-order valence-electron chi connectivity index (χ0n) is 14.8. The quantitative estimate of drug-likeness (QED) is 0.730. The number of hydrogen-bond donors (Lipinski definition) is 0. The summed E-state index contributed by atoms with van der Waals surface area (Å²) in [5.41, 5.74) is 3.24. The van der Waals surface area contributed by atoms with Crippen LogP contribution < -0.4 is 0 Å². The van der Waals surface area contributed by atoms with Crippen LogP contribution in [0.2, 0.25) is 0 Å². The second kappa shape index (κ2) is 6.02. The van der Waals surface area contributed by atoms with E-state index in [4.69, 9.17) is 4.52 Å². The Labute approximate surface area is 146 Å². The Kier molecular flexibility index (Phi) is 3.82. The molecular weight excluding hydrogens is 316 g/mol. The lowest BCUT2D eigenvalue weighted by Crippen LogP contribution is -2.31. The van der Waals surface area contributed by atoms with E-state index in [1.54, 1.807) is 0 Å². The van der Waals surface area contributed by atoms with Crippen molar-refractivity contribution in [2.45, 2.75) is 45.6 Å². The zero-order chi connectivity index (χ0) is 17.6. The number of amides is 1. The molecule has 1 aliphatic heterocycles. The minimum Gasteiger partial charge on any atom is -0.361 e. The van der Waals surface area contributed by atoms with Crippen LogP contribution in [0, 0.1) is 6.92 Å². The number of likely N-dealkylation sites (tertiary alicyclic amines) is 1. The van der Waals surface area contributed by atoms with Gasteiger partial charge in [-0.15, -0.1) is 0 Å². The molecule has 0 N–H and O–H groups in total. The number of nitrogens with zero attached hydrogens (tertiary/aromatic N) is 4. The lowest BCUT2D eigenvalue weighted by atomic mass is 10.1. The van der Waals surface area contributed by atoms with Crippen LogP contribution in [0.3, 0.4) is 0 Å². The van der Waals surface area contributed by atoms with Gasteiger partial charge in [-0.1, -0.05) is 25.1 Å². The summed E-state index contributed by atoms with van der Waals surface area (Å²) in [5.74, 6) is 1.10. The lowest BCUT2D eigenvalue weighted by Gasteiger charge is -2.21. The highest BCUT2D eigenvalue weighted by Gasteiger charge is 2.34. The van der Waals surface area contributed by atoms with Crippen molar-refractivity contribution in [2.75, 3.05) is 6.54 Å². The van der Waals surface area contributed by atoms with Crippen molar-refractivity contribution >= 4 is 11.6 Å². The zero-order valence-corrected chi connectivity index (χ0v) is 14.8. The molecule has 1 amide bonds. The van der Waals surface area contributed by atoms with E-state index in [2.05, 4.69) is 24.0 Å². The van der Waals surface area contributed by atoms with Crippen LogP contribution in [0.25, 0.3) is 5.65 Å². The molecule has 6 heteroatoms. The van der Waals surface area contributed by atoms with Gasteiger partial charge in [0, 0.05) is 30.9 Å². The molecule has 25 heavy (non-hydrogen) atoms. The van der Waals surface area contributed by atoms with Gasteiger partial charge in [0.2, 0.25) is 0 Å². The molecule has 1 fully saturated rings. The van der Waals surface area contributed by atoms with Crippen LogP contribution in [0.4, 0.5) is 0 Å². The van der Waals surface area contributed by atoms with Gasteiger partial charge in [0.15, 0.2) is 0 Å². The van der Waals surface area contributed by atoms with Crippen molar-refractivity contribution in [3.63, 3.8) is 0 Å². The summed E-state index contributed by atoms with van der Waals surface area (Å²) in [4.78, 5) is 19.4. The molecule has 6 nitrogen and oxygen atoms in total. The van der Waals surface area contributed by atoms with Gasteiger partial charge in [0.1, 0.15) is 22.8 Å². The normalized spacial score (nSPS) is 17.8. The van der Waals surface area contributed by atoms with Gasteiger partial charge in [0.25, 0.3) is 5.91 Å². The summed E-state index contributed by atoms with van der Waals surface area (Å²) in [5, 5.41) is 4.21. The number of aromatic nitrogens is 3. The Balaban J connectivity index is 1.62. The fourth-order valence-electron chi connectivity index (χ4n) is 3.40. The van der Waals surface area contributed by atoms with Gasteiger partial charge < -0.3 is 13.8 Å². The molecule has 0 saturated carbocycles. The molecule has 0 bridgehead atoms. The molecule has 130 valence electrons. The molecule has 0 aliphatic carbocycles. The highest BCUT2D eigenvalue weighted by Crippen LogP contribution is 2.33. The van der Waals surface area contributed by atoms with E-state index >= 15 is 0 Å². The van der Waals surface area contributed by atoms with Crippen molar-refractivity contribution in [3.05, 3.63) is 53.3 Å². The van der Waals surface area contributed by atoms with Crippen molar-refractivity contribution < 1.29 is 9.32 Å². The second-order valence-corrected chi connectivity index (χ2v) is 7.06. The van der Waals surface area contributed by atoms with E-state index in [0.717, 1.165) is 42.1 Å². The summed E-state index contributed by atoms with van der Waals surface area (Å²) >= 11 is 0. The second-order valence-electron chi connectivity index (χ2n) is 7.06. The first-order valence-corrected chi connectivity index (χ1v) is 8.76. The van der Waals surface area contributed by atoms with E-state index in [0.29, 0.717) is 5.69 Å². The van der Waals surface area contributed by atoms with Gasteiger partial charge in [-0.05, 0) is 31.4 Å². The Morgan fingerprint density at radius 2 is 2.16 bits per heavy atom. The number of aryl methyl sites for hydroxylation is 1. The first-order valence-electron chi connectivity index (χ1n) is 8.76. The highest BCUT2D eigenvalue weighted by molar-refractivity contribution is 5.93. The van der Waals surface area contributed by atoms with E-state index in [9.17, 15) is 4.79 Å². The van der Waals surface area contributed by atoms with Gasteiger partial charge in [-0.25, -0.2) is 4.98 Å². The maximum Gasteiger partial charge on any atom is 0.274 e. The van der Waals surface area contributed by atoms with Crippen LogP contribution in [0.1, 0.15) is 66.2 Å². The number of carbonyl (C=O) groups is 1. The molecule has 1 aliphatic rings.